The van der Waals surface area contributed by atoms with E-state index in [0.717, 1.165) is 11.1 Å². The van der Waals surface area contributed by atoms with Gasteiger partial charge in [-0.2, -0.15) is 0 Å². The molecule has 0 unspecified atom stereocenters. The van der Waals surface area contributed by atoms with Crippen molar-refractivity contribution >= 4 is 17.5 Å². The van der Waals surface area contributed by atoms with E-state index in [4.69, 9.17) is 4.74 Å². The molecular formula is C27H26O4. The van der Waals surface area contributed by atoms with Gasteiger partial charge in [-0.15, -0.1) is 0 Å². The van der Waals surface area contributed by atoms with Gasteiger partial charge in [0.05, 0.1) is 12.2 Å². The van der Waals surface area contributed by atoms with Crippen LogP contribution in [0.3, 0.4) is 0 Å². The summed E-state index contributed by atoms with van der Waals surface area (Å²) < 4.78 is 5.13. The minimum Gasteiger partial charge on any atom is -0.462 e. The van der Waals surface area contributed by atoms with E-state index < -0.39 is 5.97 Å². The van der Waals surface area contributed by atoms with Crippen LogP contribution in [0.1, 0.15) is 60.3 Å². The number of Topliss-reactive ketones (excluding diaryl/α,β-unsaturated/α-hetero) is 2. The molecule has 0 spiro atoms. The van der Waals surface area contributed by atoms with Crippen molar-refractivity contribution in [3.05, 3.63) is 106 Å². The van der Waals surface area contributed by atoms with Gasteiger partial charge >= 0.3 is 5.97 Å². The van der Waals surface area contributed by atoms with Crippen LogP contribution in [0.4, 0.5) is 0 Å². The Hall–Kier alpha value is -3.53. The summed E-state index contributed by atoms with van der Waals surface area (Å²) in [6.07, 6.45) is 0.282. The average molecular weight is 415 g/mol. The molecule has 0 fully saturated rings. The molecule has 0 amide bonds. The van der Waals surface area contributed by atoms with Gasteiger partial charge in [-0.25, -0.2) is 4.79 Å². The molecule has 4 heteroatoms. The van der Waals surface area contributed by atoms with Crippen molar-refractivity contribution in [1.29, 1.82) is 0 Å². The third kappa shape index (κ3) is 5.98. The summed E-state index contributed by atoms with van der Waals surface area (Å²) in [6, 6.07) is 19.9. The van der Waals surface area contributed by atoms with E-state index in [0.29, 0.717) is 27.8 Å². The Morgan fingerprint density at radius 1 is 0.645 bits per heavy atom. The number of aryl methyl sites for hydroxylation is 2. The van der Waals surface area contributed by atoms with Crippen LogP contribution >= 0.6 is 0 Å². The van der Waals surface area contributed by atoms with Gasteiger partial charge in [0, 0.05) is 24.0 Å². The van der Waals surface area contributed by atoms with Gasteiger partial charge in [0.15, 0.2) is 11.6 Å². The van der Waals surface area contributed by atoms with Crippen molar-refractivity contribution in [2.45, 2.75) is 33.6 Å². The van der Waals surface area contributed by atoms with E-state index in [1.54, 1.807) is 43.3 Å². The van der Waals surface area contributed by atoms with E-state index in [9.17, 15) is 14.4 Å². The average Bonchev–Trinajstić information content (AvgIpc) is 2.74. The molecule has 0 aromatic heterocycles. The van der Waals surface area contributed by atoms with Crippen molar-refractivity contribution in [2.75, 3.05) is 6.61 Å². The first kappa shape index (κ1) is 22.2. The second-order valence-electron chi connectivity index (χ2n) is 7.69. The number of esters is 1. The minimum atomic E-state index is -0.462. The molecule has 0 aliphatic heterocycles. The maximum atomic E-state index is 12.7. The highest BCUT2D eigenvalue weighted by atomic mass is 16.5. The van der Waals surface area contributed by atoms with Crippen LogP contribution in [-0.2, 0) is 17.6 Å². The summed E-state index contributed by atoms with van der Waals surface area (Å²) in [5.41, 5.74) is 5.11. The van der Waals surface area contributed by atoms with Crippen LogP contribution in [0.5, 0.6) is 0 Å². The van der Waals surface area contributed by atoms with Crippen molar-refractivity contribution < 1.29 is 19.1 Å². The molecule has 0 aliphatic carbocycles. The maximum absolute atomic E-state index is 12.7. The molecular weight excluding hydrogens is 388 g/mol. The SMILES string of the molecule is CCOC(=O)c1cc(CC(=O)c2ccc(C)cc2)cc(CC(=O)c2ccc(C)cc2)c1. The zero-order valence-corrected chi connectivity index (χ0v) is 18.1. The summed E-state index contributed by atoms with van der Waals surface area (Å²) in [5, 5.41) is 0. The second-order valence-corrected chi connectivity index (χ2v) is 7.69. The molecule has 31 heavy (non-hydrogen) atoms. The van der Waals surface area contributed by atoms with Gasteiger partial charge in [-0.3, -0.25) is 9.59 Å². The Morgan fingerprint density at radius 2 is 1.06 bits per heavy atom. The molecule has 4 nitrogen and oxygen atoms in total. The van der Waals surface area contributed by atoms with Crippen LogP contribution in [0, 0.1) is 13.8 Å². The zero-order valence-electron chi connectivity index (χ0n) is 18.1. The quantitative estimate of drug-likeness (QED) is 0.369. The Labute approximate surface area is 182 Å². The standard InChI is InChI=1S/C27H26O4/c1-4-31-27(30)24-14-20(16-25(28)22-9-5-18(2)6-10-22)13-21(15-24)17-26(29)23-11-7-19(3)8-12-23/h5-15H,4,16-17H2,1-3H3. The van der Waals surface area contributed by atoms with Crippen LogP contribution in [0.15, 0.2) is 66.7 Å². The number of benzene rings is 3. The van der Waals surface area contributed by atoms with E-state index in [-0.39, 0.29) is 31.0 Å². The highest BCUT2D eigenvalue weighted by Crippen LogP contribution is 2.17. The first-order valence-corrected chi connectivity index (χ1v) is 10.4. The second kappa shape index (κ2) is 9.98. The smallest absolute Gasteiger partial charge is 0.338 e. The molecule has 3 aromatic rings. The van der Waals surface area contributed by atoms with Gasteiger partial charge in [-0.1, -0.05) is 65.7 Å². The lowest BCUT2D eigenvalue weighted by atomic mass is 9.95. The molecule has 0 radical (unpaired) electrons. The Kier molecular flexibility index (Phi) is 7.14. The topological polar surface area (TPSA) is 60.4 Å². The van der Waals surface area contributed by atoms with Gasteiger partial charge in [0.1, 0.15) is 0 Å². The number of ketones is 2. The number of hydrogen-bond donors (Lipinski definition) is 0. The molecule has 0 bridgehead atoms. The Balaban J connectivity index is 1.87. The minimum absolute atomic E-state index is 0.0446. The van der Waals surface area contributed by atoms with Crippen LogP contribution in [0.25, 0.3) is 0 Å². The van der Waals surface area contributed by atoms with Crippen molar-refractivity contribution in [2.24, 2.45) is 0 Å². The third-order valence-corrected chi connectivity index (χ3v) is 5.04. The zero-order chi connectivity index (χ0) is 22.4. The number of carbonyl (C=O) groups excluding carboxylic acids is 3. The van der Waals surface area contributed by atoms with E-state index in [1.165, 1.54) is 0 Å². The molecule has 158 valence electrons. The number of rotatable bonds is 8. The van der Waals surface area contributed by atoms with E-state index >= 15 is 0 Å². The summed E-state index contributed by atoms with van der Waals surface area (Å²) in [4.78, 5) is 37.8. The first-order valence-electron chi connectivity index (χ1n) is 10.4. The van der Waals surface area contributed by atoms with Crippen molar-refractivity contribution in [3.8, 4) is 0 Å². The number of ether oxygens (including phenoxy) is 1. The van der Waals surface area contributed by atoms with Crippen molar-refractivity contribution in [1.82, 2.24) is 0 Å². The molecule has 3 rings (SSSR count). The highest BCUT2D eigenvalue weighted by molar-refractivity contribution is 5.99. The molecule has 0 atom stereocenters. The monoisotopic (exact) mass is 414 g/mol. The summed E-state index contributed by atoms with van der Waals surface area (Å²) in [5.74, 6) is -0.551. The fourth-order valence-corrected chi connectivity index (χ4v) is 3.35. The summed E-state index contributed by atoms with van der Waals surface area (Å²) in [6.45, 7) is 5.93. The van der Waals surface area contributed by atoms with Gasteiger partial charge in [0.25, 0.3) is 0 Å². The van der Waals surface area contributed by atoms with Crippen LogP contribution < -0.4 is 0 Å². The molecule has 0 heterocycles. The Bertz CT molecular complexity index is 1020. The fourth-order valence-electron chi connectivity index (χ4n) is 3.35. The molecule has 0 N–H and O–H groups in total. The summed E-state index contributed by atoms with van der Waals surface area (Å²) in [7, 11) is 0. The normalized spacial score (nSPS) is 10.5. The van der Waals surface area contributed by atoms with Crippen molar-refractivity contribution in [3.63, 3.8) is 0 Å². The number of hydrogen-bond acceptors (Lipinski definition) is 4. The Morgan fingerprint density at radius 3 is 1.45 bits per heavy atom. The lowest BCUT2D eigenvalue weighted by Gasteiger charge is -2.10. The van der Waals surface area contributed by atoms with Crippen LogP contribution in [0.2, 0.25) is 0 Å². The molecule has 0 aliphatic rings. The molecule has 0 saturated heterocycles. The first-order chi connectivity index (χ1) is 14.9. The predicted octanol–water partition coefficient (Wildman–Crippen LogP) is 5.33. The van der Waals surface area contributed by atoms with Gasteiger partial charge < -0.3 is 4.74 Å². The molecule has 0 saturated carbocycles. The largest absolute Gasteiger partial charge is 0.462 e. The van der Waals surface area contributed by atoms with Gasteiger partial charge in [-0.05, 0) is 44.0 Å². The third-order valence-electron chi connectivity index (χ3n) is 5.04. The maximum Gasteiger partial charge on any atom is 0.338 e. The van der Waals surface area contributed by atoms with E-state index in [2.05, 4.69) is 0 Å². The van der Waals surface area contributed by atoms with Gasteiger partial charge in [0.2, 0.25) is 0 Å². The number of carbonyl (C=O) groups is 3. The fraction of sp³-hybridized carbons (Fsp3) is 0.222. The van der Waals surface area contributed by atoms with E-state index in [1.807, 2.05) is 44.2 Å². The predicted molar refractivity (Wildman–Crippen MR) is 121 cm³/mol. The highest BCUT2D eigenvalue weighted by Gasteiger charge is 2.15. The summed E-state index contributed by atoms with van der Waals surface area (Å²) >= 11 is 0. The molecule has 3 aromatic carbocycles. The lowest BCUT2D eigenvalue weighted by molar-refractivity contribution is 0.0525. The van der Waals surface area contributed by atoms with Crippen LogP contribution in [-0.4, -0.2) is 24.1 Å². The lowest BCUT2D eigenvalue weighted by Crippen LogP contribution is -2.10.